The van der Waals surface area contributed by atoms with Crippen LogP contribution in [0.2, 0.25) is 0 Å². The molecule has 0 heterocycles. The second-order valence-corrected chi connectivity index (χ2v) is 1.23. The minimum atomic E-state index is -0.356. The molecule has 0 unspecified atom stereocenters. The highest BCUT2D eigenvalue weighted by molar-refractivity contribution is 5.65. The van der Waals surface area contributed by atoms with Crippen molar-refractivity contribution < 1.29 is 9.63 Å². The number of hydrazine groups is 1. The summed E-state index contributed by atoms with van der Waals surface area (Å²) in [5.41, 5.74) is 4.82. The molecule has 0 saturated carbocycles. The van der Waals surface area contributed by atoms with E-state index >= 15 is 0 Å². The third-order valence-electron chi connectivity index (χ3n) is 0.444. The van der Waals surface area contributed by atoms with Crippen LogP contribution >= 0.6 is 0 Å². The van der Waals surface area contributed by atoms with Crippen molar-refractivity contribution in [3.63, 3.8) is 0 Å². The number of hydrogen-bond acceptors (Lipinski definition) is 4. The Morgan fingerprint density at radius 2 is 2.38 bits per heavy atom. The van der Waals surface area contributed by atoms with Crippen molar-refractivity contribution >= 4 is 5.97 Å². The molecular formula is C4H10N2O2. The highest BCUT2D eigenvalue weighted by atomic mass is 16.7. The Bertz CT molecular complexity index is 74.4. The Morgan fingerprint density at radius 3 is 2.75 bits per heavy atom. The van der Waals surface area contributed by atoms with Gasteiger partial charge in [-0.3, -0.25) is 4.79 Å². The van der Waals surface area contributed by atoms with Crippen LogP contribution in [0, 0.1) is 0 Å². The first-order valence-corrected chi connectivity index (χ1v) is 2.42. The van der Waals surface area contributed by atoms with E-state index < -0.39 is 0 Å². The monoisotopic (exact) mass is 118 g/mol. The molecule has 0 aliphatic heterocycles. The Balaban J connectivity index is 2.82. The van der Waals surface area contributed by atoms with Crippen LogP contribution in [0.25, 0.3) is 0 Å². The largest absolute Gasteiger partial charge is 0.356 e. The third-order valence-corrected chi connectivity index (χ3v) is 0.444. The van der Waals surface area contributed by atoms with Gasteiger partial charge in [-0.25, -0.2) is 5.43 Å². The zero-order valence-electron chi connectivity index (χ0n) is 5.02. The minimum absolute atomic E-state index is 0.356. The van der Waals surface area contributed by atoms with Gasteiger partial charge in [0.1, 0.15) is 0 Å². The summed E-state index contributed by atoms with van der Waals surface area (Å²) in [6.45, 7) is 3.92. The highest BCUT2D eigenvalue weighted by Gasteiger charge is 1.85. The molecule has 0 rings (SSSR count). The SMILES string of the molecule is CCNNOC(C)=O. The van der Waals surface area contributed by atoms with Gasteiger partial charge in [0.25, 0.3) is 0 Å². The Kier molecular flexibility index (Phi) is 4.20. The summed E-state index contributed by atoms with van der Waals surface area (Å²) in [6, 6.07) is 0. The average molecular weight is 118 g/mol. The molecular weight excluding hydrogens is 108 g/mol. The normalized spacial score (nSPS) is 8.75. The zero-order valence-corrected chi connectivity index (χ0v) is 5.02. The Morgan fingerprint density at radius 1 is 1.75 bits per heavy atom. The lowest BCUT2D eigenvalue weighted by molar-refractivity contribution is -0.150. The summed E-state index contributed by atoms with van der Waals surface area (Å²) in [6.07, 6.45) is 0. The molecule has 0 bridgehead atoms. The molecule has 0 fully saturated rings. The number of rotatable bonds is 3. The van der Waals surface area contributed by atoms with Gasteiger partial charge in [0, 0.05) is 13.5 Å². The van der Waals surface area contributed by atoms with Crippen LogP contribution < -0.4 is 11.0 Å². The van der Waals surface area contributed by atoms with Crippen LogP contribution in [0.15, 0.2) is 0 Å². The van der Waals surface area contributed by atoms with Crippen LogP contribution in [0.5, 0.6) is 0 Å². The van der Waals surface area contributed by atoms with Crippen LogP contribution in [0.1, 0.15) is 13.8 Å². The first kappa shape index (κ1) is 7.39. The third kappa shape index (κ3) is 5.39. The first-order chi connectivity index (χ1) is 3.77. The molecule has 8 heavy (non-hydrogen) atoms. The number of hydrogen-bond donors (Lipinski definition) is 2. The van der Waals surface area contributed by atoms with Gasteiger partial charge in [0.15, 0.2) is 0 Å². The second-order valence-electron chi connectivity index (χ2n) is 1.23. The summed E-state index contributed by atoms with van der Waals surface area (Å²) in [5.74, 6) is -0.356. The van der Waals surface area contributed by atoms with E-state index in [9.17, 15) is 4.79 Å². The highest BCUT2D eigenvalue weighted by Crippen LogP contribution is 1.62. The smallest absolute Gasteiger partial charge is 0.323 e. The Hall–Kier alpha value is -0.610. The minimum Gasteiger partial charge on any atom is -0.356 e. The van der Waals surface area contributed by atoms with Gasteiger partial charge in [-0.2, -0.15) is 0 Å². The lowest BCUT2D eigenvalue weighted by Gasteiger charge is -2.00. The van der Waals surface area contributed by atoms with Crippen molar-refractivity contribution in [3.8, 4) is 0 Å². The van der Waals surface area contributed by atoms with Crippen LogP contribution in [0.3, 0.4) is 0 Å². The van der Waals surface area contributed by atoms with E-state index in [4.69, 9.17) is 0 Å². The lowest BCUT2D eigenvalue weighted by atomic mass is 10.8. The van der Waals surface area contributed by atoms with Crippen molar-refractivity contribution in [2.24, 2.45) is 0 Å². The van der Waals surface area contributed by atoms with Crippen LogP contribution in [0.4, 0.5) is 0 Å². The van der Waals surface area contributed by atoms with Gasteiger partial charge in [0.05, 0.1) is 0 Å². The van der Waals surface area contributed by atoms with E-state index in [0.717, 1.165) is 0 Å². The van der Waals surface area contributed by atoms with Crippen molar-refractivity contribution in [1.29, 1.82) is 0 Å². The summed E-state index contributed by atoms with van der Waals surface area (Å²) < 4.78 is 0. The number of carbonyl (C=O) groups excluding carboxylic acids is 1. The molecule has 0 amide bonds. The fraction of sp³-hybridized carbons (Fsp3) is 0.750. The molecule has 0 aliphatic carbocycles. The molecule has 4 heteroatoms. The van der Waals surface area contributed by atoms with Crippen molar-refractivity contribution in [2.45, 2.75) is 13.8 Å². The van der Waals surface area contributed by atoms with Crippen molar-refractivity contribution in [2.75, 3.05) is 6.54 Å². The molecule has 0 aromatic rings. The van der Waals surface area contributed by atoms with Crippen LogP contribution in [-0.2, 0) is 9.63 Å². The van der Waals surface area contributed by atoms with Gasteiger partial charge in [-0.1, -0.05) is 12.5 Å². The van der Waals surface area contributed by atoms with E-state index in [-0.39, 0.29) is 5.97 Å². The summed E-state index contributed by atoms with van der Waals surface area (Å²) >= 11 is 0. The van der Waals surface area contributed by atoms with E-state index in [1.165, 1.54) is 6.92 Å². The van der Waals surface area contributed by atoms with E-state index in [2.05, 4.69) is 15.9 Å². The molecule has 0 saturated heterocycles. The summed E-state index contributed by atoms with van der Waals surface area (Å²) in [5, 5.41) is 0. The predicted molar refractivity (Wildman–Crippen MR) is 28.6 cm³/mol. The van der Waals surface area contributed by atoms with Gasteiger partial charge < -0.3 is 4.84 Å². The predicted octanol–water partition coefficient (Wildman–Crippen LogP) is -0.421. The van der Waals surface area contributed by atoms with Gasteiger partial charge in [-0.15, -0.1) is 0 Å². The summed E-state index contributed by atoms with van der Waals surface area (Å²) in [7, 11) is 0. The summed E-state index contributed by atoms with van der Waals surface area (Å²) in [4.78, 5) is 14.3. The molecule has 4 nitrogen and oxygen atoms in total. The quantitative estimate of drug-likeness (QED) is 0.390. The molecule has 0 aliphatic rings. The lowest BCUT2D eigenvalue weighted by Crippen LogP contribution is -2.32. The molecule has 0 radical (unpaired) electrons. The fourth-order valence-corrected chi connectivity index (χ4v) is 0.180. The van der Waals surface area contributed by atoms with E-state index in [1.807, 2.05) is 6.92 Å². The molecule has 0 aromatic carbocycles. The fourth-order valence-electron chi connectivity index (χ4n) is 0.180. The van der Waals surface area contributed by atoms with E-state index in [0.29, 0.717) is 6.54 Å². The first-order valence-electron chi connectivity index (χ1n) is 2.42. The average Bonchev–Trinajstić information content (AvgIpc) is 1.66. The molecule has 0 spiro atoms. The molecule has 0 aromatic heterocycles. The van der Waals surface area contributed by atoms with Gasteiger partial charge in [-0.05, 0) is 0 Å². The zero-order chi connectivity index (χ0) is 6.41. The van der Waals surface area contributed by atoms with Gasteiger partial charge >= 0.3 is 5.97 Å². The standard InChI is InChI=1S/C4H10N2O2/c1-3-5-6-8-4(2)7/h5-6H,3H2,1-2H3. The maximum atomic E-state index is 9.99. The van der Waals surface area contributed by atoms with Gasteiger partial charge in [0.2, 0.25) is 0 Å². The van der Waals surface area contributed by atoms with Crippen molar-refractivity contribution in [3.05, 3.63) is 0 Å². The molecule has 2 N–H and O–H groups in total. The van der Waals surface area contributed by atoms with Crippen molar-refractivity contribution in [1.82, 2.24) is 11.0 Å². The molecule has 48 valence electrons. The second kappa shape index (κ2) is 4.55. The maximum Gasteiger partial charge on any atom is 0.323 e. The topological polar surface area (TPSA) is 50.4 Å². The Labute approximate surface area is 48.1 Å². The molecule has 0 atom stereocenters. The van der Waals surface area contributed by atoms with E-state index in [1.54, 1.807) is 0 Å². The number of carbonyl (C=O) groups is 1. The van der Waals surface area contributed by atoms with Crippen LogP contribution in [-0.4, -0.2) is 12.5 Å². The number of nitrogens with one attached hydrogen (secondary N) is 2. The maximum absolute atomic E-state index is 9.99.